The molecule has 3 aliphatic rings. The lowest BCUT2D eigenvalue weighted by Gasteiger charge is -2.42. The van der Waals surface area contributed by atoms with E-state index in [4.69, 9.17) is 0 Å². The maximum absolute atomic E-state index is 15.8. The van der Waals surface area contributed by atoms with Gasteiger partial charge in [-0.25, -0.2) is 8.78 Å². The highest BCUT2D eigenvalue weighted by atomic mass is 19.4. The van der Waals surface area contributed by atoms with Crippen LogP contribution in [0, 0.1) is 17.0 Å². The number of H-pyrrole nitrogens is 1. The minimum absolute atomic E-state index is 0.0130. The lowest BCUT2D eigenvalue weighted by Crippen LogP contribution is -2.47. The summed E-state index contributed by atoms with van der Waals surface area (Å²) < 4.78 is 85.4. The highest BCUT2D eigenvalue weighted by molar-refractivity contribution is 5.83. The van der Waals surface area contributed by atoms with Gasteiger partial charge in [-0.1, -0.05) is 6.07 Å². The summed E-state index contributed by atoms with van der Waals surface area (Å²) in [5, 5.41) is 10.9. The minimum Gasteiger partial charge on any atom is -0.380 e. The number of halogens is 6. The van der Waals surface area contributed by atoms with Crippen LogP contribution in [0.3, 0.4) is 0 Å². The van der Waals surface area contributed by atoms with Gasteiger partial charge in [-0.05, 0) is 61.9 Å². The molecule has 1 saturated carbocycles. The van der Waals surface area contributed by atoms with Crippen molar-refractivity contribution in [2.45, 2.75) is 56.9 Å². The smallest absolute Gasteiger partial charge is 0.380 e. The lowest BCUT2D eigenvalue weighted by atomic mass is 9.83. The molecule has 3 aromatic rings. The van der Waals surface area contributed by atoms with Crippen molar-refractivity contribution in [2.24, 2.45) is 5.41 Å². The molecule has 0 amide bonds. The van der Waals surface area contributed by atoms with Gasteiger partial charge in [-0.2, -0.15) is 18.3 Å². The van der Waals surface area contributed by atoms with Gasteiger partial charge in [0.05, 0.1) is 31.0 Å². The van der Waals surface area contributed by atoms with E-state index in [-0.39, 0.29) is 23.8 Å². The first-order chi connectivity index (χ1) is 18.6. The molecular formula is C28H31F6N5. The van der Waals surface area contributed by atoms with E-state index in [1.807, 2.05) is 0 Å². The van der Waals surface area contributed by atoms with Crippen molar-refractivity contribution < 1.29 is 26.3 Å². The number of anilines is 1. The normalized spacial score (nSPS) is 24.9. The molecule has 2 fully saturated rings. The first kappa shape index (κ1) is 26.4. The van der Waals surface area contributed by atoms with Gasteiger partial charge < -0.3 is 10.2 Å². The van der Waals surface area contributed by atoms with Crippen LogP contribution < -0.4 is 5.32 Å². The summed E-state index contributed by atoms with van der Waals surface area (Å²) in [7, 11) is 0. The van der Waals surface area contributed by atoms with Crippen LogP contribution in [0.25, 0.3) is 10.9 Å². The van der Waals surface area contributed by atoms with E-state index in [0.717, 1.165) is 40.8 Å². The molecule has 0 unspecified atom stereocenters. The standard InChI is InChI=1S/C28H31F6N5/c1-16-9-19-18(3-4-23-20(19)12-35-37-23)26(39(16)15-28(32,33)34)25-21(30)10-17(11-22(25)31)36-24-13-38(8-2-7-29)14-27(24)5-6-27/h3-4,10-12,16,24,26,36H,2,5-9,13-15H2,1H3,(H,35,37)/t16-,24-,26+/m1/s1. The maximum Gasteiger partial charge on any atom is 0.401 e. The largest absolute Gasteiger partial charge is 0.401 e. The topological polar surface area (TPSA) is 47.2 Å². The van der Waals surface area contributed by atoms with Crippen LogP contribution in [-0.2, 0) is 6.42 Å². The molecule has 1 spiro atoms. The van der Waals surface area contributed by atoms with Gasteiger partial charge in [-0.15, -0.1) is 0 Å². The second-order valence-corrected chi connectivity index (χ2v) is 11.4. The molecule has 2 N–H and O–H groups in total. The summed E-state index contributed by atoms with van der Waals surface area (Å²) >= 11 is 0. The number of fused-ring (bicyclic) bond motifs is 3. The fraction of sp³-hybridized carbons (Fsp3) is 0.536. The van der Waals surface area contributed by atoms with Gasteiger partial charge in [0, 0.05) is 53.8 Å². The van der Waals surface area contributed by atoms with Crippen molar-refractivity contribution >= 4 is 16.6 Å². The van der Waals surface area contributed by atoms with E-state index in [9.17, 15) is 17.6 Å². The molecule has 210 valence electrons. The van der Waals surface area contributed by atoms with Gasteiger partial charge in [0.25, 0.3) is 0 Å². The first-order valence-corrected chi connectivity index (χ1v) is 13.4. The van der Waals surface area contributed by atoms with Crippen LogP contribution >= 0.6 is 0 Å². The van der Waals surface area contributed by atoms with Crippen LogP contribution in [0.2, 0.25) is 0 Å². The Morgan fingerprint density at radius 1 is 1.15 bits per heavy atom. The monoisotopic (exact) mass is 551 g/mol. The highest BCUT2D eigenvalue weighted by Crippen LogP contribution is 2.54. The van der Waals surface area contributed by atoms with Crippen LogP contribution in [0.15, 0.2) is 30.5 Å². The molecule has 6 rings (SSSR count). The van der Waals surface area contributed by atoms with Crippen molar-refractivity contribution in [2.75, 3.05) is 38.2 Å². The average Bonchev–Trinajstić information content (AvgIpc) is 3.32. The zero-order valence-corrected chi connectivity index (χ0v) is 21.6. The van der Waals surface area contributed by atoms with Gasteiger partial charge in [0.15, 0.2) is 0 Å². The predicted octanol–water partition coefficient (Wildman–Crippen LogP) is 5.98. The number of nitrogens with zero attached hydrogens (tertiary/aromatic N) is 3. The molecule has 2 aromatic carbocycles. The number of rotatable bonds is 7. The second kappa shape index (κ2) is 9.69. The first-order valence-electron chi connectivity index (χ1n) is 13.4. The number of hydrogen-bond acceptors (Lipinski definition) is 4. The summed E-state index contributed by atoms with van der Waals surface area (Å²) in [4.78, 5) is 3.32. The molecule has 2 aliphatic heterocycles. The third kappa shape index (κ3) is 4.88. The Balaban J connectivity index is 1.36. The number of likely N-dealkylation sites (tertiary alicyclic amines) is 1. The minimum atomic E-state index is -4.55. The van der Waals surface area contributed by atoms with E-state index in [1.54, 1.807) is 25.3 Å². The molecule has 39 heavy (non-hydrogen) atoms. The highest BCUT2D eigenvalue weighted by Gasteiger charge is 2.55. The third-order valence-electron chi connectivity index (χ3n) is 8.74. The molecule has 1 aromatic heterocycles. The fourth-order valence-electron chi connectivity index (χ4n) is 6.72. The third-order valence-corrected chi connectivity index (χ3v) is 8.74. The molecule has 0 bridgehead atoms. The number of aromatic amines is 1. The summed E-state index contributed by atoms with van der Waals surface area (Å²) in [5.74, 6) is -1.78. The van der Waals surface area contributed by atoms with Crippen LogP contribution in [-0.4, -0.2) is 71.1 Å². The number of hydrogen-bond donors (Lipinski definition) is 2. The lowest BCUT2D eigenvalue weighted by molar-refractivity contribution is -0.155. The molecule has 3 heterocycles. The molecule has 5 nitrogen and oxygen atoms in total. The van der Waals surface area contributed by atoms with Crippen LogP contribution in [0.1, 0.15) is 48.9 Å². The Kier molecular flexibility index (Phi) is 6.57. The van der Waals surface area contributed by atoms with Crippen molar-refractivity contribution in [3.8, 4) is 0 Å². The van der Waals surface area contributed by atoms with E-state index in [2.05, 4.69) is 20.4 Å². The van der Waals surface area contributed by atoms with E-state index < -0.39 is 42.0 Å². The quantitative estimate of drug-likeness (QED) is 0.355. The molecule has 3 atom stereocenters. The van der Waals surface area contributed by atoms with E-state index >= 15 is 8.78 Å². The predicted molar refractivity (Wildman–Crippen MR) is 136 cm³/mol. The van der Waals surface area contributed by atoms with E-state index in [0.29, 0.717) is 31.5 Å². The summed E-state index contributed by atoms with van der Waals surface area (Å²) in [5.41, 5.74) is 1.79. The van der Waals surface area contributed by atoms with Crippen molar-refractivity contribution in [1.82, 2.24) is 20.0 Å². The summed E-state index contributed by atoms with van der Waals surface area (Å²) in [6.07, 6.45) is -0.223. The summed E-state index contributed by atoms with van der Waals surface area (Å²) in [6, 6.07) is 3.81. The Labute approximate surface area is 222 Å². The molecular weight excluding hydrogens is 520 g/mol. The van der Waals surface area contributed by atoms with Gasteiger partial charge >= 0.3 is 6.18 Å². The number of alkyl halides is 4. The summed E-state index contributed by atoms with van der Waals surface area (Å²) in [6.45, 7) is 2.07. The fourth-order valence-corrected chi connectivity index (χ4v) is 6.72. The molecule has 11 heteroatoms. The zero-order chi connectivity index (χ0) is 27.5. The van der Waals surface area contributed by atoms with Gasteiger partial charge in [-0.3, -0.25) is 14.4 Å². The Morgan fingerprint density at radius 3 is 2.56 bits per heavy atom. The number of benzene rings is 2. The molecule has 1 aliphatic carbocycles. The molecule has 0 radical (unpaired) electrons. The van der Waals surface area contributed by atoms with Crippen LogP contribution in [0.4, 0.5) is 32.0 Å². The Morgan fingerprint density at radius 2 is 1.90 bits per heavy atom. The second-order valence-electron chi connectivity index (χ2n) is 11.4. The maximum atomic E-state index is 15.8. The van der Waals surface area contributed by atoms with Gasteiger partial charge in [0.2, 0.25) is 0 Å². The SMILES string of the molecule is C[C@@H]1Cc2c(ccc3[nH]ncc23)[C@@H](c2c(F)cc(N[C@@H]3CN(CCCF)CC34CC4)cc2F)N1CC(F)(F)F. The zero-order valence-electron chi connectivity index (χ0n) is 21.6. The Hall–Kier alpha value is -2.79. The van der Waals surface area contributed by atoms with Gasteiger partial charge in [0.1, 0.15) is 11.6 Å². The number of aromatic nitrogens is 2. The van der Waals surface area contributed by atoms with E-state index in [1.165, 1.54) is 12.1 Å². The average molecular weight is 552 g/mol. The molecule has 1 saturated heterocycles. The van der Waals surface area contributed by atoms with Crippen molar-refractivity contribution in [3.05, 3.63) is 58.8 Å². The van der Waals surface area contributed by atoms with Crippen molar-refractivity contribution in [3.63, 3.8) is 0 Å². The van der Waals surface area contributed by atoms with Crippen molar-refractivity contribution in [1.29, 1.82) is 0 Å². The Bertz CT molecular complexity index is 1340. The number of nitrogens with one attached hydrogen (secondary N) is 2. The van der Waals surface area contributed by atoms with Crippen LogP contribution in [0.5, 0.6) is 0 Å².